The Morgan fingerprint density at radius 3 is 2.65 bits per heavy atom. The van der Waals surface area contributed by atoms with Crippen LogP contribution >= 0.6 is 11.6 Å². The summed E-state index contributed by atoms with van der Waals surface area (Å²) in [5.41, 5.74) is 2.55. The van der Waals surface area contributed by atoms with E-state index >= 15 is 0 Å². The van der Waals surface area contributed by atoms with Crippen LogP contribution in [-0.2, 0) is 4.74 Å². The van der Waals surface area contributed by atoms with E-state index < -0.39 is 5.97 Å². The van der Waals surface area contributed by atoms with Crippen LogP contribution in [0.25, 0.3) is 22.2 Å². The lowest BCUT2D eigenvalue weighted by molar-refractivity contribution is 0.0557. The molecule has 1 heterocycles. The molecular weight excluding hydrogens is 312 g/mol. The van der Waals surface area contributed by atoms with Crippen molar-refractivity contribution in [2.45, 2.75) is 0 Å². The lowest BCUT2D eigenvalue weighted by atomic mass is 10.0. The Balaban J connectivity index is 2.15. The molecule has 112 valence electrons. The van der Waals surface area contributed by atoms with Crippen molar-refractivity contribution in [3.05, 3.63) is 65.2 Å². The van der Waals surface area contributed by atoms with Crippen LogP contribution in [0.4, 0.5) is 0 Å². The molecule has 0 aliphatic heterocycles. The van der Waals surface area contributed by atoms with Gasteiger partial charge in [0.2, 0.25) is 0 Å². The van der Waals surface area contributed by atoms with Crippen LogP contribution < -0.4 is 0 Å². The van der Waals surface area contributed by atoms with Crippen LogP contribution in [0.3, 0.4) is 0 Å². The van der Waals surface area contributed by atoms with E-state index in [0.717, 1.165) is 5.56 Å². The fourth-order valence-corrected chi connectivity index (χ4v) is 2.41. The number of para-hydroxylation sites is 1. The number of pyridine rings is 1. The fourth-order valence-electron chi connectivity index (χ4n) is 2.29. The predicted octanol–water partition coefficient (Wildman–Crippen LogP) is 4.24. The number of ether oxygens (including phenoxy) is 1. The molecule has 0 N–H and O–H groups in total. The fraction of sp³-hybridized carbons (Fsp3) is 0.0556. The van der Waals surface area contributed by atoms with E-state index in [0.29, 0.717) is 27.2 Å². The predicted molar refractivity (Wildman–Crippen MR) is 88.1 cm³/mol. The van der Waals surface area contributed by atoms with Crippen LogP contribution in [0.15, 0.2) is 54.6 Å². The van der Waals surface area contributed by atoms with Crippen LogP contribution in [-0.4, -0.2) is 17.6 Å². The number of esters is 1. The molecule has 0 aliphatic rings. The Bertz CT molecular complexity index is 914. The van der Waals surface area contributed by atoms with E-state index in [1.807, 2.05) is 30.3 Å². The van der Waals surface area contributed by atoms with Crippen molar-refractivity contribution in [1.29, 1.82) is 5.26 Å². The number of hydrogen-bond donors (Lipinski definition) is 0. The van der Waals surface area contributed by atoms with Gasteiger partial charge < -0.3 is 4.74 Å². The number of nitrogens with zero attached hydrogens (tertiary/aromatic N) is 2. The third-order valence-electron chi connectivity index (χ3n) is 3.34. The summed E-state index contributed by atoms with van der Waals surface area (Å²) < 4.78 is 4.95. The highest BCUT2D eigenvalue weighted by atomic mass is 35.5. The number of nitriles is 1. The minimum Gasteiger partial charge on any atom is -0.447 e. The summed E-state index contributed by atoms with van der Waals surface area (Å²) in [5, 5.41) is 9.90. The zero-order valence-corrected chi connectivity index (χ0v) is 12.7. The third kappa shape index (κ3) is 3.15. The van der Waals surface area contributed by atoms with Crippen molar-refractivity contribution < 1.29 is 9.53 Å². The van der Waals surface area contributed by atoms with E-state index in [4.69, 9.17) is 21.6 Å². The van der Waals surface area contributed by atoms with E-state index in [9.17, 15) is 4.79 Å². The summed E-state index contributed by atoms with van der Waals surface area (Å²) in [5.74, 6) is -0.541. The molecule has 0 spiro atoms. The van der Waals surface area contributed by atoms with Crippen molar-refractivity contribution in [3.63, 3.8) is 0 Å². The van der Waals surface area contributed by atoms with E-state index in [1.54, 1.807) is 30.3 Å². The average Bonchev–Trinajstić information content (AvgIpc) is 2.59. The highest BCUT2D eigenvalue weighted by molar-refractivity contribution is 6.30. The number of fused-ring (bicyclic) bond motifs is 1. The Morgan fingerprint density at radius 2 is 1.91 bits per heavy atom. The molecule has 4 nitrogen and oxygen atoms in total. The molecule has 2 aromatic carbocycles. The number of carbonyl (C=O) groups excluding carboxylic acids is 1. The maximum Gasteiger partial charge on any atom is 0.339 e. The van der Waals surface area contributed by atoms with Crippen LogP contribution in [0.2, 0.25) is 5.02 Å². The molecule has 0 aliphatic carbocycles. The monoisotopic (exact) mass is 322 g/mol. The normalized spacial score (nSPS) is 10.3. The second-order valence-corrected chi connectivity index (χ2v) is 5.25. The lowest BCUT2D eigenvalue weighted by Crippen LogP contribution is -2.07. The molecule has 3 aromatic rings. The molecule has 1 aromatic heterocycles. The molecule has 0 fully saturated rings. The molecule has 3 rings (SSSR count). The number of carbonyl (C=O) groups is 1. The van der Waals surface area contributed by atoms with Gasteiger partial charge in [0.1, 0.15) is 6.07 Å². The number of benzene rings is 2. The van der Waals surface area contributed by atoms with Gasteiger partial charge in [-0.15, -0.1) is 0 Å². The summed E-state index contributed by atoms with van der Waals surface area (Å²) in [6, 6.07) is 18.0. The van der Waals surface area contributed by atoms with Gasteiger partial charge in [-0.1, -0.05) is 41.9 Å². The lowest BCUT2D eigenvalue weighted by Gasteiger charge is -2.09. The summed E-state index contributed by atoms with van der Waals surface area (Å²) in [4.78, 5) is 16.8. The van der Waals surface area contributed by atoms with Gasteiger partial charge in [0.15, 0.2) is 6.61 Å². The van der Waals surface area contributed by atoms with Gasteiger partial charge in [0.25, 0.3) is 0 Å². The molecule has 0 atom stereocenters. The molecule has 0 saturated heterocycles. The number of hydrogen-bond acceptors (Lipinski definition) is 4. The molecule has 0 saturated carbocycles. The SMILES string of the molecule is N#CCOC(=O)c1cc(-c2ccc(Cl)cc2)nc2ccccc12. The summed E-state index contributed by atoms with van der Waals surface area (Å²) >= 11 is 5.91. The third-order valence-corrected chi connectivity index (χ3v) is 3.60. The summed E-state index contributed by atoms with van der Waals surface area (Å²) in [7, 11) is 0. The Hall–Kier alpha value is -2.90. The molecule has 5 heteroatoms. The maximum absolute atomic E-state index is 12.2. The first-order valence-corrected chi connectivity index (χ1v) is 7.26. The van der Waals surface area contributed by atoms with Gasteiger partial charge in [-0.25, -0.2) is 9.78 Å². The molecule has 0 amide bonds. The molecule has 0 unspecified atom stereocenters. The Labute approximate surface area is 137 Å². The highest BCUT2D eigenvalue weighted by Crippen LogP contribution is 2.26. The van der Waals surface area contributed by atoms with Crippen LogP contribution in [0.1, 0.15) is 10.4 Å². The molecule has 0 bridgehead atoms. The van der Waals surface area contributed by atoms with Gasteiger partial charge >= 0.3 is 5.97 Å². The average molecular weight is 323 g/mol. The first-order valence-electron chi connectivity index (χ1n) is 6.89. The minimum absolute atomic E-state index is 0.286. The van der Waals surface area contributed by atoms with Crippen LogP contribution in [0.5, 0.6) is 0 Å². The Kier molecular flexibility index (Phi) is 4.22. The zero-order valence-electron chi connectivity index (χ0n) is 12.0. The second kappa shape index (κ2) is 6.47. The number of halogens is 1. The van der Waals surface area contributed by atoms with Crippen molar-refractivity contribution >= 4 is 28.5 Å². The largest absolute Gasteiger partial charge is 0.447 e. The smallest absolute Gasteiger partial charge is 0.339 e. The maximum atomic E-state index is 12.2. The first kappa shape index (κ1) is 15.0. The molecular formula is C18H11ClN2O2. The quantitative estimate of drug-likeness (QED) is 0.677. The zero-order chi connectivity index (χ0) is 16.2. The Morgan fingerprint density at radius 1 is 1.17 bits per heavy atom. The van der Waals surface area contributed by atoms with Gasteiger partial charge in [0.05, 0.1) is 16.8 Å². The molecule has 0 radical (unpaired) electrons. The van der Waals surface area contributed by atoms with Gasteiger partial charge in [0, 0.05) is 16.0 Å². The van der Waals surface area contributed by atoms with Crippen molar-refractivity contribution in [2.24, 2.45) is 0 Å². The van der Waals surface area contributed by atoms with E-state index in [1.165, 1.54) is 0 Å². The van der Waals surface area contributed by atoms with Crippen molar-refractivity contribution in [1.82, 2.24) is 4.98 Å². The topological polar surface area (TPSA) is 63.0 Å². The van der Waals surface area contributed by atoms with Crippen molar-refractivity contribution in [3.8, 4) is 17.3 Å². The van der Waals surface area contributed by atoms with Crippen LogP contribution in [0, 0.1) is 11.3 Å². The summed E-state index contributed by atoms with van der Waals surface area (Å²) in [6.07, 6.45) is 0. The standard InChI is InChI=1S/C18H11ClN2O2/c19-13-7-5-12(6-8-13)17-11-15(18(22)23-10-9-20)14-3-1-2-4-16(14)21-17/h1-8,11H,10H2. The van der Waals surface area contributed by atoms with Crippen molar-refractivity contribution in [2.75, 3.05) is 6.61 Å². The van der Waals surface area contributed by atoms with Gasteiger partial charge in [-0.05, 0) is 24.3 Å². The number of aromatic nitrogens is 1. The van der Waals surface area contributed by atoms with E-state index in [-0.39, 0.29) is 6.61 Å². The number of rotatable bonds is 3. The first-order chi connectivity index (χ1) is 11.2. The minimum atomic E-state index is -0.541. The van der Waals surface area contributed by atoms with E-state index in [2.05, 4.69) is 4.98 Å². The van der Waals surface area contributed by atoms with Gasteiger partial charge in [-0.3, -0.25) is 0 Å². The highest BCUT2D eigenvalue weighted by Gasteiger charge is 2.15. The summed E-state index contributed by atoms with van der Waals surface area (Å²) in [6.45, 7) is -0.286. The second-order valence-electron chi connectivity index (χ2n) is 4.81. The van der Waals surface area contributed by atoms with Gasteiger partial charge in [-0.2, -0.15) is 5.26 Å². The molecule has 23 heavy (non-hydrogen) atoms.